The normalized spacial score (nSPS) is 20.4. The van der Waals surface area contributed by atoms with Gasteiger partial charge in [0.05, 0.1) is 49.9 Å². The van der Waals surface area contributed by atoms with Crippen LogP contribution in [0.25, 0.3) is 11.3 Å². The molecule has 0 radical (unpaired) electrons. The minimum atomic E-state index is -4.82. The molecule has 5 rings (SSSR count). The molecule has 4 heterocycles. The van der Waals surface area contributed by atoms with Gasteiger partial charge in [-0.2, -0.15) is 18.3 Å². The molecule has 9 nitrogen and oxygen atoms in total. The van der Waals surface area contributed by atoms with Crippen molar-refractivity contribution in [3.05, 3.63) is 47.2 Å². The molecule has 12 heteroatoms. The molecule has 1 fully saturated rings. The number of aromatic nitrogens is 3. The summed E-state index contributed by atoms with van der Waals surface area (Å²) in [6.45, 7) is 3.49. The van der Waals surface area contributed by atoms with Crippen LogP contribution in [0, 0.1) is 0 Å². The van der Waals surface area contributed by atoms with E-state index in [0.717, 1.165) is 6.39 Å². The van der Waals surface area contributed by atoms with Crippen molar-refractivity contribution < 1.29 is 36.3 Å². The number of nitrogens with zero attached hydrogens (tertiary/aromatic N) is 3. The lowest BCUT2D eigenvalue weighted by Gasteiger charge is -2.22. The first-order valence-corrected chi connectivity index (χ1v) is 10.5. The van der Waals surface area contributed by atoms with Gasteiger partial charge in [0.15, 0.2) is 6.39 Å². The molecule has 0 bridgehead atoms. The van der Waals surface area contributed by atoms with Crippen LogP contribution in [0.2, 0.25) is 0 Å². The zero-order chi connectivity index (χ0) is 23.2. The highest BCUT2D eigenvalue weighted by atomic mass is 19.4. The third-order valence-corrected chi connectivity index (χ3v) is 5.71. The van der Waals surface area contributed by atoms with Gasteiger partial charge >= 0.3 is 6.18 Å². The summed E-state index contributed by atoms with van der Waals surface area (Å²) in [7, 11) is 0. The quantitative estimate of drug-likeness (QED) is 0.616. The van der Waals surface area contributed by atoms with Crippen molar-refractivity contribution in [2.75, 3.05) is 19.8 Å². The SMILES string of the molecule is C[C@H]1Cc2oc(C(=O)NCc3cocn3)c(C(F)(F)F)c2-c2nn(C[C@H]3COCCO3)cc21. The standard InChI is InChI=1S/C21H21F3N4O5/c1-11-4-15-16(18-14(11)7-28(27-18)6-13-9-30-2-3-32-13)17(21(22,23)24)19(33-15)20(29)25-5-12-8-31-10-26-12/h7-8,10-11,13H,2-6,9H2,1H3,(H,25,29)/t11-,13-/m0/s1. The molecular formula is C21H21F3N4O5. The number of nitrogens with one attached hydrogen (secondary N) is 1. The van der Waals surface area contributed by atoms with Crippen LogP contribution in [0.5, 0.6) is 0 Å². The van der Waals surface area contributed by atoms with Gasteiger partial charge in [0, 0.05) is 18.2 Å². The number of furan rings is 1. The Bertz CT molecular complexity index is 1150. The predicted octanol–water partition coefficient (Wildman–Crippen LogP) is 3.15. The van der Waals surface area contributed by atoms with E-state index in [1.54, 1.807) is 10.9 Å². The van der Waals surface area contributed by atoms with Gasteiger partial charge in [-0.15, -0.1) is 0 Å². The van der Waals surface area contributed by atoms with Gasteiger partial charge in [0.1, 0.15) is 23.7 Å². The molecule has 3 aromatic rings. The summed E-state index contributed by atoms with van der Waals surface area (Å²) >= 11 is 0. The largest absolute Gasteiger partial charge is 0.455 e. The maximum Gasteiger partial charge on any atom is 0.420 e. The fourth-order valence-corrected chi connectivity index (χ4v) is 4.20. The number of amides is 1. The van der Waals surface area contributed by atoms with Gasteiger partial charge in [0.25, 0.3) is 5.91 Å². The average molecular weight is 466 g/mol. The summed E-state index contributed by atoms with van der Waals surface area (Å²) in [5.41, 5.74) is -0.0865. The van der Waals surface area contributed by atoms with Crippen LogP contribution in [-0.2, 0) is 35.2 Å². The molecule has 2 atom stereocenters. The lowest BCUT2D eigenvalue weighted by atomic mass is 9.86. The second kappa shape index (κ2) is 8.34. The zero-order valence-corrected chi connectivity index (χ0v) is 17.6. The Labute approximate surface area is 185 Å². The molecule has 1 saturated heterocycles. The van der Waals surface area contributed by atoms with Crippen LogP contribution in [0.4, 0.5) is 13.2 Å². The summed E-state index contributed by atoms with van der Waals surface area (Å²) in [6, 6.07) is 0. The van der Waals surface area contributed by atoms with Gasteiger partial charge in [-0.3, -0.25) is 9.48 Å². The molecule has 3 aromatic heterocycles. The number of rotatable bonds is 5. The average Bonchev–Trinajstić information content (AvgIpc) is 3.50. The molecule has 33 heavy (non-hydrogen) atoms. The van der Waals surface area contributed by atoms with Crippen molar-refractivity contribution in [2.45, 2.75) is 44.6 Å². The molecule has 0 unspecified atom stereocenters. The third-order valence-electron chi connectivity index (χ3n) is 5.71. The Kier molecular flexibility index (Phi) is 5.49. The lowest BCUT2D eigenvalue weighted by molar-refractivity contribution is -0.137. The summed E-state index contributed by atoms with van der Waals surface area (Å²) < 4.78 is 65.5. The van der Waals surface area contributed by atoms with Crippen molar-refractivity contribution in [1.29, 1.82) is 0 Å². The number of carbonyl (C=O) groups excluding carboxylic acids is 1. The second-order valence-corrected chi connectivity index (χ2v) is 8.09. The highest BCUT2D eigenvalue weighted by Crippen LogP contribution is 2.48. The van der Waals surface area contributed by atoms with Gasteiger partial charge in [0.2, 0.25) is 5.76 Å². The number of halogens is 3. The van der Waals surface area contributed by atoms with Crippen LogP contribution in [0.3, 0.4) is 0 Å². The van der Waals surface area contributed by atoms with Gasteiger partial charge in [-0.05, 0) is 5.92 Å². The Morgan fingerprint density at radius 3 is 2.88 bits per heavy atom. The smallest absolute Gasteiger partial charge is 0.420 e. The van der Waals surface area contributed by atoms with Gasteiger partial charge in [-0.25, -0.2) is 4.98 Å². The van der Waals surface area contributed by atoms with Crippen LogP contribution in [-0.4, -0.2) is 46.6 Å². The molecule has 1 aliphatic heterocycles. The van der Waals surface area contributed by atoms with E-state index < -0.39 is 23.4 Å². The highest BCUT2D eigenvalue weighted by molar-refractivity contribution is 5.96. The summed E-state index contributed by atoms with van der Waals surface area (Å²) in [5, 5.41) is 6.84. The number of ether oxygens (including phenoxy) is 2. The van der Waals surface area contributed by atoms with Crippen LogP contribution < -0.4 is 5.32 Å². The molecule has 2 aliphatic rings. The van der Waals surface area contributed by atoms with Crippen molar-refractivity contribution in [2.24, 2.45) is 0 Å². The van der Waals surface area contributed by atoms with Crippen LogP contribution in [0.15, 0.2) is 27.7 Å². The van der Waals surface area contributed by atoms with E-state index in [4.69, 9.17) is 18.3 Å². The summed E-state index contributed by atoms with van der Waals surface area (Å²) in [5.74, 6) is -1.81. The first-order valence-electron chi connectivity index (χ1n) is 10.5. The first-order chi connectivity index (χ1) is 15.8. The Balaban J connectivity index is 1.50. The Morgan fingerprint density at radius 2 is 2.18 bits per heavy atom. The molecule has 1 N–H and O–H groups in total. The maximum absolute atomic E-state index is 14.2. The highest BCUT2D eigenvalue weighted by Gasteiger charge is 2.46. The molecule has 0 spiro atoms. The van der Waals surface area contributed by atoms with Crippen molar-refractivity contribution >= 4 is 5.91 Å². The second-order valence-electron chi connectivity index (χ2n) is 8.09. The number of oxazole rings is 1. The summed E-state index contributed by atoms with van der Waals surface area (Å²) in [6.07, 6.45) is -0.647. The third kappa shape index (κ3) is 4.15. The van der Waals surface area contributed by atoms with E-state index in [9.17, 15) is 18.0 Å². The molecule has 1 aliphatic carbocycles. The van der Waals surface area contributed by atoms with Crippen LogP contribution in [0.1, 0.15) is 46.0 Å². The number of alkyl halides is 3. The predicted molar refractivity (Wildman–Crippen MR) is 105 cm³/mol. The number of carbonyl (C=O) groups is 1. The van der Waals surface area contributed by atoms with Crippen molar-refractivity contribution in [3.63, 3.8) is 0 Å². The molecule has 176 valence electrons. The van der Waals surface area contributed by atoms with Crippen LogP contribution >= 0.6 is 0 Å². The van der Waals surface area contributed by atoms with E-state index in [2.05, 4.69) is 15.4 Å². The molecule has 1 amide bonds. The summed E-state index contributed by atoms with van der Waals surface area (Å²) in [4.78, 5) is 16.5. The number of fused-ring (bicyclic) bond motifs is 3. The molecule has 0 aromatic carbocycles. The first kappa shape index (κ1) is 21.7. The van der Waals surface area contributed by atoms with E-state index >= 15 is 0 Å². The monoisotopic (exact) mass is 466 g/mol. The van der Waals surface area contributed by atoms with E-state index in [1.165, 1.54) is 6.26 Å². The topological polar surface area (TPSA) is 105 Å². The van der Waals surface area contributed by atoms with E-state index in [1.807, 2.05) is 6.92 Å². The minimum Gasteiger partial charge on any atom is -0.455 e. The van der Waals surface area contributed by atoms with E-state index in [0.29, 0.717) is 37.6 Å². The fraction of sp³-hybridized carbons (Fsp3) is 0.476. The maximum atomic E-state index is 14.2. The molecular weight excluding hydrogens is 445 g/mol. The number of hydrogen-bond acceptors (Lipinski definition) is 7. The molecule has 0 saturated carbocycles. The Morgan fingerprint density at radius 1 is 1.33 bits per heavy atom. The van der Waals surface area contributed by atoms with Crippen molar-refractivity contribution in [3.8, 4) is 11.3 Å². The lowest BCUT2D eigenvalue weighted by Crippen LogP contribution is -2.32. The minimum absolute atomic E-state index is 0.0939. The van der Waals surface area contributed by atoms with Gasteiger partial charge in [-0.1, -0.05) is 6.92 Å². The fourth-order valence-electron chi connectivity index (χ4n) is 4.20. The zero-order valence-electron chi connectivity index (χ0n) is 17.6. The Hall–Kier alpha value is -3.12. The number of hydrogen-bond donors (Lipinski definition) is 1. The van der Waals surface area contributed by atoms with Gasteiger partial charge < -0.3 is 23.6 Å². The van der Waals surface area contributed by atoms with Crippen molar-refractivity contribution in [1.82, 2.24) is 20.1 Å². The van der Waals surface area contributed by atoms with E-state index in [-0.39, 0.29) is 42.0 Å².